The molecule has 0 aliphatic carbocycles. The van der Waals surface area contributed by atoms with Crippen LogP contribution in [0, 0.1) is 0 Å². The minimum absolute atomic E-state index is 0.0186. The molecule has 3 heterocycles. The number of methoxy groups -OCH3 is 1. The lowest BCUT2D eigenvalue weighted by Gasteiger charge is -2.34. The quantitative estimate of drug-likeness (QED) is 0.241. The van der Waals surface area contributed by atoms with E-state index in [2.05, 4.69) is 15.1 Å². The number of carbonyl (C=O) groups is 1. The van der Waals surface area contributed by atoms with Crippen LogP contribution in [-0.2, 0) is 0 Å². The van der Waals surface area contributed by atoms with Gasteiger partial charge >= 0.3 is 5.63 Å². The SMILES string of the molecule is COc1c(Cl)ccc2sc(N3CCN(CCNC(=O)c4cc5c(ccc6ccccc65)oc4=O)CC3)nc12. The zero-order valence-corrected chi connectivity index (χ0v) is 22.3. The Labute approximate surface area is 227 Å². The Bertz CT molecular complexity index is 1730. The molecule has 10 heteroatoms. The second kappa shape index (κ2) is 10.2. The van der Waals surface area contributed by atoms with Crippen LogP contribution in [0.5, 0.6) is 5.75 Å². The zero-order valence-electron chi connectivity index (χ0n) is 20.7. The maximum Gasteiger partial charge on any atom is 0.349 e. The van der Waals surface area contributed by atoms with Crippen LogP contribution in [0.4, 0.5) is 5.13 Å². The van der Waals surface area contributed by atoms with Crippen LogP contribution in [0.3, 0.4) is 0 Å². The minimum atomic E-state index is -0.632. The number of aromatic nitrogens is 1. The molecule has 1 amide bonds. The van der Waals surface area contributed by atoms with E-state index in [1.165, 1.54) is 0 Å². The molecule has 1 N–H and O–H groups in total. The Morgan fingerprint density at radius 3 is 2.74 bits per heavy atom. The Morgan fingerprint density at radius 1 is 1.11 bits per heavy atom. The largest absolute Gasteiger partial charge is 0.493 e. The summed E-state index contributed by atoms with van der Waals surface area (Å²) in [6, 6.07) is 16.9. The molecule has 5 aromatic rings. The second-order valence-corrected chi connectivity index (χ2v) is 10.6. The second-order valence-electron chi connectivity index (χ2n) is 9.15. The minimum Gasteiger partial charge on any atom is -0.493 e. The van der Waals surface area contributed by atoms with Crippen molar-refractivity contribution in [3.8, 4) is 5.75 Å². The van der Waals surface area contributed by atoms with E-state index in [1.54, 1.807) is 30.6 Å². The highest BCUT2D eigenvalue weighted by molar-refractivity contribution is 7.22. The molecular weight excluding hydrogens is 524 g/mol. The summed E-state index contributed by atoms with van der Waals surface area (Å²) < 4.78 is 11.9. The van der Waals surface area contributed by atoms with E-state index in [0.717, 1.165) is 57.7 Å². The van der Waals surface area contributed by atoms with E-state index in [0.29, 0.717) is 29.4 Å². The van der Waals surface area contributed by atoms with Gasteiger partial charge in [-0.2, -0.15) is 0 Å². The summed E-state index contributed by atoms with van der Waals surface area (Å²) in [6.45, 7) is 4.45. The molecule has 1 fully saturated rings. The maximum atomic E-state index is 12.9. The third kappa shape index (κ3) is 4.57. The van der Waals surface area contributed by atoms with Gasteiger partial charge in [0.25, 0.3) is 5.91 Å². The van der Waals surface area contributed by atoms with Crippen LogP contribution < -0.4 is 20.6 Å². The lowest BCUT2D eigenvalue weighted by atomic mass is 10.0. The van der Waals surface area contributed by atoms with Gasteiger partial charge in [-0.3, -0.25) is 9.69 Å². The predicted octanol–water partition coefficient (Wildman–Crippen LogP) is 4.77. The molecule has 6 rings (SSSR count). The van der Waals surface area contributed by atoms with Gasteiger partial charge in [-0.05, 0) is 35.0 Å². The predicted molar refractivity (Wildman–Crippen MR) is 152 cm³/mol. The highest BCUT2D eigenvalue weighted by Gasteiger charge is 2.22. The van der Waals surface area contributed by atoms with Gasteiger partial charge in [-0.25, -0.2) is 9.78 Å². The average Bonchev–Trinajstić information content (AvgIpc) is 3.37. The Kier molecular flexibility index (Phi) is 6.65. The number of fused-ring (bicyclic) bond motifs is 4. The van der Waals surface area contributed by atoms with Crippen molar-refractivity contribution < 1.29 is 13.9 Å². The third-order valence-corrected chi connectivity index (χ3v) is 8.28. The van der Waals surface area contributed by atoms with Crippen molar-refractivity contribution in [2.24, 2.45) is 0 Å². The first-order valence-electron chi connectivity index (χ1n) is 12.4. The first-order valence-corrected chi connectivity index (χ1v) is 13.6. The van der Waals surface area contributed by atoms with Crippen molar-refractivity contribution in [2.75, 3.05) is 51.3 Å². The fraction of sp³-hybridized carbons (Fsp3) is 0.250. The van der Waals surface area contributed by atoms with E-state index in [4.69, 9.17) is 25.7 Å². The summed E-state index contributed by atoms with van der Waals surface area (Å²) in [6.07, 6.45) is 0. The normalized spacial score (nSPS) is 14.4. The smallest absolute Gasteiger partial charge is 0.349 e. The van der Waals surface area contributed by atoms with Gasteiger partial charge in [0, 0.05) is 44.7 Å². The van der Waals surface area contributed by atoms with Crippen molar-refractivity contribution >= 4 is 65.9 Å². The summed E-state index contributed by atoms with van der Waals surface area (Å²) >= 11 is 7.88. The molecule has 0 atom stereocenters. The van der Waals surface area contributed by atoms with Gasteiger partial charge in [0.05, 0.1) is 16.8 Å². The molecule has 1 aliphatic heterocycles. The molecule has 0 saturated carbocycles. The molecule has 8 nitrogen and oxygen atoms in total. The molecular formula is C28H25ClN4O4S. The number of anilines is 1. The number of thiazole rings is 1. The van der Waals surface area contributed by atoms with Gasteiger partial charge in [0.2, 0.25) is 0 Å². The summed E-state index contributed by atoms with van der Waals surface area (Å²) in [5.74, 6) is 0.184. The van der Waals surface area contributed by atoms with Crippen molar-refractivity contribution in [3.63, 3.8) is 0 Å². The number of hydrogen-bond donors (Lipinski definition) is 1. The number of benzene rings is 3. The fourth-order valence-electron chi connectivity index (χ4n) is 4.88. The number of hydrogen-bond acceptors (Lipinski definition) is 8. The van der Waals surface area contributed by atoms with Gasteiger partial charge in [-0.1, -0.05) is 53.3 Å². The van der Waals surface area contributed by atoms with Crippen molar-refractivity contribution in [1.29, 1.82) is 0 Å². The highest BCUT2D eigenvalue weighted by Crippen LogP contribution is 2.38. The first kappa shape index (κ1) is 24.7. The summed E-state index contributed by atoms with van der Waals surface area (Å²) in [5, 5.41) is 7.10. The Hall–Kier alpha value is -3.66. The molecule has 1 aliphatic rings. The molecule has 0 radical (unpaired) electrons. The van der Waals surface area contributed by atoms with Crippen LogP contribution in [-0.4, -0.2) is 62.2 Å². The van der Waals surface area contributed by atoms with Crippen molar-refractivity contribution in [2.45, 2.75) is 0 Å². The van der Waals surface area contributed by atoms with Gasteiger partial charge < -0.3 is 19.4 Å². The molecule has 38 heavy (non-hydrogen) atoms. The highest BCUT2D eigenvalue weighted by atomic mass is 35.5. The number of piperazine rings is 1. The summed E-state index contributed by atoms with van der Waals surface area (Å²) in [4.78, 5) is 34.7. The van der Waals surface area contributed by atoms with Crippen LogP contribution in [0.25, 0.3) is 32.0 Å². The monoisotopic (exact) mass is 548 g/mol. The molecule has 0 spiro atoms. The van der Waals surface area contributed by atoms with E-state index in [9.17, 15) is 9.59 Å². The average molecular weight is 549 g/mol. The van der Waals surface area contributed by atoms with Gasteiger partial charge in [-0.15, -0.1) is 0 Å². The van der Waals surface area contributed by atoms with Crippen LogP contribution in [0.1, 0.15) is 10.4 Å². The van der Waals surface area contributed by atoms with Crippen molar-refractivity contribution in [1.82, 2.24) is 15.2 Å². The van der Waals surface area contributed by atoms with Crippen molar-refractivity contribution in [3.05, 3.63) is 75.6 Å². The molecule has 0 bridgehead atoms. The fourth-order valence-corrected chi connectivity index (χ4v) is 6.12. The molecule has 1 saturated heterocycles. The van der Waals surface area contributed by atoms with Crippen LogP contribution in [0.15, 0.2) is 63.8 Å². The number of nitrogens with zero attached hydrogens (tertiary/aromatic N) is 3. The molecule has 2 aromatic heterocycles. The van der Waals surface area contributed by atoms with Gasteiger partial charge in [0.15, 0.2) is 10.9 Å². The topological polar surface area (TPSA) is 87.9 Å². The first-order chi connectivity index (χ1) is 18.5. The Balaban J connectivity index is 1.07. The van der Waals surface area contributed by atoms with E-state index in [1.807, 2.05) is 42.5 Å². The number of amides is 1. The number of carbonyl (C=O) groups excluding carboxylic acids is 1. The third-order valence-electron chi connectivity index (χ3n) is 6.90. The molecule has 3 aromatic carbocycles. The lowest BCUT2D eigenvalue weighted by molar-refractivity contribution is 0.0944. The van der Waals surface area contributed by atoms with Gasteiger partial charge in [0.1, 0.15) is 16.7 Å². The number of ether oxygens (including phenoxy) is 1. The molecule has 194 valence electrons. The van der Waals surface area contributed by atoms with Crippen LogP contribution >= 0.6 is 22.9 Å². The molecule has 0 unspecified atom stereocenters. The lowest BCUT2D eigenvalue weighted by Crippen LogP contribution is -2.48. The van der Waals surface area contributed by atoms with Crippen LogP contribution in [0.2, 0.25) is 5.02 Å². The standard InChI is InChI=1S/C28H25ClN4O4S/c1-36-25-21(29)7-9-23-24(25)31-28(38-23)33-14-12-32(13-15-33)11-10-30-26(34)20-16-19-18-5-3-2-4-17(18)6-8-22(19)37-27(20)35/h2-9,16H,10-15H2,1H3,(H,30,34). The maximum absolute atomic E-state index is 12.9. The van der Waals surface area contributed by atoms with E-state index < -0.39 is 11.5 Å². The summed E-state index contributed by atoms with van der Waals surface area (Å²) in [5.41, 5.74) is 0.645. The van der Waals surface area contributed by atoms with E-state index in [-0.39, 0.29) is 5.56 Å². The summed E-state index contributed by atoms with van der Waals surface area (Å²) in [7, 11) is 1.60. The Morgan fingerprint density at radius 2 is 1.92 bits per heavy atom. The number of halogens is 1. The number of rotatable bonds is 6. The zero-order chi connectivity index (χ0) is 26.2. The van der Waals surface area contributed by atoms with E-state index >= 15 is 0 Å². The number of nitrogens with one attached hydrogen (secondary N) is 1.